The van der Waals surface area contributed by atoms with Crippen LogP contribution < -0.4 is 5.32 Å². The van der Waals surface area contributed by atoms with Crippen LogP contribution in [0.2, 0.25) is 0 Å². The second-order valence-electron chi connectivity index (χ2n) is 6.92. The van der Waals surface area contributed by atoms with Crippen molar-refractivity contribution in [1.29, 1.82) is 0 Å². The molecule has 2 N–H and O–H groups in total. The Kier molecular flexibility index (Phi) is 4.97. The molecular weight excluding hydrogens is 316 g/mol. The maximum absolute atomic E-state index is 12.5. The van der Waals surface area contributed by atoms with Crippen LogP contribution in [-0.4, -0.2) is 52.9 Å². The number of rotatable bonds is 3. The van der Waals surface area contributed by atoms with Crippen molar-refractivity contribution in [2.24, 2.45) is 0 Å². The number of aryl methyl sites for hydroxylation is 1. The minimum Gasteiger partial charge on any atom is -0.357 e. The SMILES string of the molecule is CC(=O)N1CCC[C@@H](N(C)C(=O)NCc2cc3ccc(C)cc3[nH]2)C1. The van der Waals surface area contributed by atoms with Crippen molar-refractivity contribution in [2.75, 3.05) is 20.1 Å². The smallest absolute Gasteiger partial charge is 0.317 e. The summed E-state index contributed by atoms with van der Waals surface area (Å²) in [5.74, 6) is 0.0758. The van der Waals surface area contributed by atoms with Gasteiger partial charge in [0.1, 0.15) is 0 Å². The number of likely N-dealkylation sites (tertiary alicyclic amines) is 1. The number of carbonyl (C=O) groups is 2. The van der Waals surface area contributed by atoms with Crippen LogP contribution in [0.5, 0.6) is 0 Å². The number of likely N-dealkylation sites (N-methyl/N-ethyl adjacent to an activating group) is 1. The van der Waals surface area contributed by atoms with E-state index in [1.54, 1.807) is 18.9 Å². The van der Waals surface area contributed by atoms with E-state index in [9.17, 15) is 9.59 Å². The van der Waals surface area contributed by atoms with Crippen LogP contribution in [0.25, 0.3) is 10.9 Å². The van der Waals surface area contributed by atoms with Gasteiger partial charge in [-0.2, -0.15) is 0 Å². The predicted octanol–water partition coefficient (Wildman–Crippen LogP) is 2.63. The summed E-state index contributed by atoms with van der Waals surface area (Å²) in [5.41, 5.74) is 3.27. The predicted molar refractivity (Wildman–Crippen MR) is 98.3 cm³/mol. The fourth-order valence-electron chi connectivity index (χ4n) is 3.41. The van der Waals surface area contributed by atoms with E-state index in [1.165, 1.54) is 5.56 Å². The molecule has 1 aliphatic heterocycles. The topological polar surface area (TPSA) is 68.4 Å². The first kappa shape index (κ1) is 17.3. The molecule has 1 aromatic carbocycles. The monoisotopic (exact) mass is 342 g/mol. The molecule has 1 fully saturated rings. The summed E-state index contributed by atoms with van der Waals surface area (Å²) in [5, 5.41) is 4.11. The first-order chi connectivity index (χ1) is 11.9. The van der Waals surface area contributed by atoms with E-state index >= 15 is 0 Å². The normalized spacial score (nSPS) is 17.6. The lowest BCUT2D eigenvalue weighted by atomic mass is 10.0. The Morgan fingerprint density at radius 3 is 2.92 bits per heavy atom. The molecule has 2 aromatic rings. The molecule has 1 atom stereocenters. The minimum absolute atomic E-state index is 0.0722. The molecule has 25 heavy (non-hydrogen) atoms. The van der Waals surface area contributed by atoms with E-state index < -0.39 is 0 Å². The molecule has 0 spiro atoms. The lowest BCUT2D eigenvalue weighted by Gasteiger charge is -2.37. The lowest BCUT2D eigenvalue weighted by molar-refractivity contribution is -0.130. The van der Waals surface area contributed by atoms with Gasteiger partial charge in [0.15, 0.2) is 0 Å². The number of piperidine rings is 1. The van der Waals surface area contributed by atoms with Gasteiger partial charge < -0.3 is 20.1 Å². The zero-order valence-corrected chi connectivity index (χ0v) is 15.1. The van der Waals surface area contributed by atoms with Crippen molar-refractivity contribution in [3.05, 3.63) is 35.5 Å². The number of hydrogen-bond donors (Lipinski definition) is 2. The number of fused-ring (bicyclic) bond motifs is 1. The van der Waals surface area contributed by atoms with Gasteiger partial charge in [-0.05, 0) is 42.8 Å². The number of aromatic nitrogens is 1. The van der Waals surface area contributed by atoms with Gasteiger partial charge in [0.2, 0.25) is 5.91 Å². The summed E-state index contributed by atoms with van der Waals surface area (Å²) in [7, 11) is 1.80. The van der Waals surface area contributed by atoms with Gasteiger partial charge in [-0.3, -0.25) is 4.79 Å². The Morgan fingerprint density at radius 2 is 2.16 bits per heavy atom. The number of urea groups is 1. The van der Waals surface area contributed by atoms with E-state index in [2.05, 4.69) is 41.5 Å². The maximum atomic E-state index is 12.5. The number of hydrogen-bond acceptors (Lipinski definition) is 2. The molecule has 0 aliphatic carbocycles. The second-order valence-corrected chi connectivity index (χ2v) is 6.92. The van der Waals surface area contributed by atoms with E-state index in [1.807, 2.05) is 4.90 Å². The van der Waals surface area contributed by atoms with Gasteiger partial charge in [0.25, 0.3) is 0 Å². The standard InChI is InChI=1S/C19H26N4O2/c1-13-6-7-15-10-16(21-18(15)9-13)11-20-19(25)22(3)17-5-4-8-23(12-17)14(2)24/h6-7,9-10,17,21H,4-5,8,11-12H2,1-3H3,(H,20,25)/t17-/m1/s1. The van der Waals surface area contributed by atoms with Gasteiger partial charge in [-0.25, -0.2) is 4.79 Å². The zero-order chi connectivity index (χ0) is 18.0. The Balaban J connectivity index is 1.58. The highest BCUT2D eigenvalue weighted by atomic mass is 16.2. The Morgan fingerprint density at radius 1 is 1.36 bits per heavy atom. The van der Waals surface area contributed by atoms with Crippen LogP contribution >= 0.6 is 0 Å². The third-order valence-corrected chi connectivity index (χ3v) is 4.97. The molecule has 0 radical (unpaired) electrons. The third kappa shape index (κ3) is 3.95. The Bertz CT molecular complexity index is 783. The Hall–Kier alpha value is -2.50. The molecule has 2 heterocycles. The molecule has 1 aliphatic rings. The molecule has 1 aromatic heterocycles. The molecule has 3 rings (SSSR count). The molecule has 0 unspecified atom stereocenters. The highest BCUT2D eigenvalue weighted by Crippen LogP contribution is 2.17. The number of nitrogens with one attached hydrogen (secondary N) is 2. The largest absolute Gasteiger partial charge is 0.357 e. The lowest BCUT2D eigenvalue weighted by Crippen LogP contribution is -2.52. The average Bonchev–Trinajstić information content (AvgIpc) is 3.01. The van der Waals surface area contributed by atoms with Crippen molar-refractivity contribution in [2.45, 2.75) is 39.3 Å². The van der Waals surface area contributed by atoms with Gasteiger partial charge >= 0.3 is 6.03 Å². The van der Waals surface area contributed by atoms with Gasteiger partial charge in [-0.15, -0.1) is 0 Å². The van der Waals surface area contributed by atoms with E-state index in [4.69, 9.17) is 0 Å². The van der Waals surface area contributed by atoms with Crippen molar-refractivity contribution in [3.63, 3.8) is 0 Å². The number of H-pyrrole nitrogens is 1. The molecule has 134 valence electrons. The van der Waals surface area contributed by atoms with Crippen LogP contribution in [0, 0.1) is 6.92 Å². The number of carbonyl (C=O) groups excluding carboxylic acids is 2. The van der Waals surface area contributed by atoms with E-state index in [-0.39, 0.29) is 18.0 Å². The molecule has 6 heteroatoms. The summed E-state index contributed by atoms with van der Waals surface area (Å²) >= 11 is 0. The third-order valence-electron chi connectivity index (χ3n) is 4.97. The molecule has 6 nitrogen and oxygen atoms in total. The van der Waals surface area contributed by atoms with E-state index in [0.29, 0.717) is 13.1 Å². The summed E-state index contributed by atoms with van der Waals surface area (Å²) < 4.78 is 0. The first-order valence-electron chi connectivity index (χ1n) is 8.78. The minimum atomic E-state index is -0.106. The summed E-state index contributed by atoms with van der Waals surface area (Å²) in [4.78, 5) is 30.9. The molecular formula is C19H26N4O2. The van der Waals surface area contributed by atoms with Gasteiger partial charge in [-0.1, -0.05) is 12.1 Å². The molecule has 0 saturated carbocycles. The Labute approximate surface area is 148 Å². The van der Waals surface area contributed by atoms with Crippen LogP contribution in [0.4, 0.5) is 4.79 Å². The van der Waals surface area contributed by atoms with Gasteiger partial charge in [0.05, 0.1) is 12.6 Å². The van der Waals surface area contributed by atoms with Crippen LogP contribution in [0.15, 0.2) is 24.3 Å². The van der Waals surface area contributed by atoms with Crippen LogP contribution in [-0.2, 0) is 11.3 Å². The number of aromatic amines is 1. The molecule has 3 amide bonds. The number of nitrogens with zero attached hydrogens (tertiary/aromatic N) is 2. The summed E-state index contributed by atoms with van der Waals surface area (Å²) in [6, 6.07) is 8.29. The van der Waals surface area contributed by atoms with Crippen molar-refractivity contribution < 1.29 is 9.59 Å². The van der Waals surface area contributed by atoms with Crippen LogP contribution in [0.1, 0.15) is 31.0 Å². The van der Waals surface area contributed by atoms with Crippen molar-refractivity contribution in [3.8, 4) is 0 Å². The highest BCUT2D eigenvalue weighted by molar-refractivity contribution is 5.81. The van der Waals surface area contributed by atoms with Gasteiger partial charge in [0, 0.05) is 38.3 Å². The molecule has 1 saturated heterocycles. The highest BCUT2D eigenvalue weighted by Gasteiger charge is 2.27. The second kappa shape index (κ2) is 7.17. The van der Waals surface area contributed by atoms with Crippen LogP contribution in [0.3, 0.4) is 0 Å². The zero-order valence-electron chi connectivity index (χ0n) is 15.1. The fourth-order valence-corrected chi connectivity index (χ4v) is 3.41. The quantitative estimate of drug-likeness (QED) is 0.900. The number of amides is 3. The fraction of sp³-hybridized carbons (Fsp3) is 0.474. The average molecular weight is 342 g/mol. The summed E-state index contributed by atoms with van der Waals surface area (Å²) in [6.07, 6.45) is 1.86. The first-order valence-corrected chi connectivity index (χ1v) is 8.78. The number of benzene rings is 1. The maximum Gasteiger partial charge on any atom is 0.317 e. The van der Waals surface area contributed by atoms with Crippen molar-refractivity contribution in [1.82, 2.24) is 20.1 Å². The molecule has 0 bridgehead atoms. The van der Waals surface area contributed by atoms with E-state index in [0.717, 1.165) is 36.0 Å². The summed E-state index contributed by atoms with van der Waals surface area (Å²) in [6.45, 7) is 5.51. The van der Waals surface area contributed by atoms with Crippen molar-refractivity contribution >= 4 is 22.8 Å².